The van der Waals surface area contributed by atoms with E-state index in [0.717, 1.165) is 30.0 Å². The quantitative estimate of drug-likeness (QED) is 0.532. The van der Waals surface area contributed by atoms with Crippen molar-refractivity contribution in [3.8, 4) is 5.75 Å². The zero-order chi connectivity index (χ0) is 14.1. The molecule has 1 nitrogen and oxygen atoms in total. The second kappa shape index (κ2) is 9.03. The standard InChI is InChI=1S/C17H25ClO/c1-4-7-8-10-14(9-5-2)16-13-15(18)11-12-17(16)19-6-3/h7-8,11-14H,4-6,9-10H2,1-3H3/b8-7-. The van der Waals surface area contributed by atoms with Crippen molar-refractivity contribution in [3.63, 3.8) is 0 Å². The lowest BCUT2D eigenvalue weighted by atomic mass is 9.90. The van der Waals surface area contributed by atoms with Crippen LogP contribution in [0.25, 0.3) is 0 Å². The largest absolute Gasteiger partial charge is 0.494 e. The van der Waals surface area contributed by atoms with E-state index in [9.17, 15) is 0 Å². The van der Waals surface area contributed by atoms with Gasteiger partial charge < -0.3 is 4.74 Å². The second-order valence-corrected chi connectivity index (χ2v) is 5.15. The van der Waals surface area contributed by atoms with Crippen molar-refractivity contribution in [2.75, 3.05) is 6.61 Å². The smallest absolute Gasteiger partial charge is 0.122 e. The van der Waals surface area contributed by atoms with E-state index in [0.29, 0.717) is 12.5 Å². The second-order valence-electron chi connectivity index (χ2n) is 4.72. The summed E-state index contributed by atoms with van der Waals surface area (Å²) in [5.41, 5.74) is 1.25. The van der Waals surface area contributed by atoms with Gasteiger partial charge in [0.15, 0.2) is 0 Å². The molecule has 19 heavy (non-hydrogen) atoms. The molecule has 0 saturated carbocycles. The summed E-state index contributed by atoms with van der Waals surface area (Å²) in [6, 6.07) is 5.96. The maximum absolute atomic E-state index is 6.15. The van der Waals surface area contributed by atoms with E-state index in [1.807, 2.05) is 19.1 Å². The number of hydrogen-bond acceptors (Lipinski definition) is 1. The van der Waals surface area contributed by atoms with Crippen LogP contribution in [0.2, 0.25) is 5.02 Å². The Morgan fingerprint density at radius 2 is 2.00 bits per heavy atom. The molecule has 0 aromatic heterocycles. The van der Waals surface area contributed by atoms with Crippen molar-refractivity contribution in [3.05, 3.63) is 40.9 Å². The molecule has 0 aliphatic heterocycles. The Morgan fingerprint density at radius 1 is 1.21 bits per heavy atom. The minimum absolute atomic E-state index is 0.494. The van der Waals surface area contributed by atoms with Gasteiger partial charge in [-0.3, -0.25) is 0 Å². The van der Waals surface area contributed by atoms with Crippen LogP contribution in [0.4, 0.5) is 0 Å². The number of benzene rings is 1. The highest BCUT2D eigenvalue weighted by Gasteiger charge is 2.15. The molecule has 0 aliphatic rings. The predicted molar refractivity (Wildman–Crippen MR) is 84.3 cm³/mol. The molecular weight excluding hydrogens is 256 g/mol. The third-order valence-corrected chi connectivity index (χ3v) is 3.41. The summed E-state index contributed by atoms with van der Waals surface area (Å²) in [6.07, 6.45) is 8.98. The summed E-state index contributed by atoms with van der Waals surface area (Å²) in [5.74, 6) is 1.48. The van der Waals surface area contributed by atoms with Gasteiger partial charge in [-0.25, -0.2) is 0 Å². The fourth-order valence-corrected chi connectivity index (χ4v) is 2.48. The van der Waals surface area contributed by atoms with Crippen LogP contribution in [0.3, 0.4) is 0 Å². The van der Waals surface area contributed by atoms with Crippen LogP contribution in [0.15, 0.2) is 30.4 Å². The SMILES string of the molecule is CC/C=C\CC(CCC)c1cc(Cl)ccc1OCC. The maximum Gasteiger partial charge on any atom is 0.122 e. The molecule has 1 rings (SSSR count). The maximum atomic E-state index is 6.15. The molecule has 1 aromatic carbocycles. The molecule has 0 N–H and O–H groups in total. The molecule has 106 valence electrons. The van der Waals surface area contributed by atoms with E-state index in [2.05, 4.69) is 32.1 Å². The van der Waals surface area contributed by atoms with E-state index in [4.69, 9.17) is 16.3 Å². The fraction of sp³-hybridized carbons (Fsp3) is 0.529. The van der Waals surface area contributed by atoms with E-state index in [1.54, 1.807) is 0 Å². The van der Waals surface area contributed by atoms with Gasteiger partial charge in [0, 0.05) is 5.02 Å². The van der Waals surface area contributed by atoms with Crippen LogP contribution in [0, 0.1) is 0 Å². The molecule has 1 aromatic rings. The van der Waals surface area contributed by atoms with Crippen molar-refractivity contribution in [1.82, 2.24) is 0 Å². The van der Waals surface area contributed by atoms with Gasteiger partial charge in [-0.05, 0) is 55.9 Å². The first-order valence-electron chi connectivity index (χ1n) is 7.30. The van der Waals surface area contributed by atoms with Gasteiger partial charge in [0.25, 0.3) is 0 Å². The normalized spacial score (nSPS) is 12.8. The molecule has 0 bridgehead atoms. The van der Waals surface area contributed by atoms with Crippen LogP contribution >= 0.6 is 11.6 Å². The third-order valence-electron chi connectivity index (χ3n) is 3.17. The summed E-state index contributed by atoms with van der Waals surface area (Å²) < 4.78 is 5.74. The fourth-order valence-electron chi connectivity index (χ4n) is 2.30. The van der Waals surface area contributed by atoms with Gasteiger partial charge in [-0.15, -0.1) is 0 Å². The highest BCUT2D eigenvalue weighted by molar-refractivity contribution is 6.30. The first-order valence-corrected chi connectivity index (χ1v) is 7.67. The molecule has 0 fully saturated rings. The highest BCUT2D eigenvalue weighted by atomic mass is 35.5. The van der Waals surface area contributed by atoms with Crippen molar-refractivity contribution >= 4 is 11.6 Å². The zero-order valence-electron chi connectivity index (χ0n) is 12.3. The molecule has 0 amide bonds. The Bertz CT molecular complexity index is 398. The van der Waals surface area contributed by atoms with Crippen LogP contribution in [0.5, 0.6) is 5.75 Å². The molecule has 0 spiro atoms. The molecular formula is C17H25ClO. The van der Waals surface area contributed by atoms with Crippen molar-refractivity contribution in [1.29, 1.82) is 0 Å². The lowest BCUT2D eigenvalue weighted by Crippen LogP contribution is -2.03. The first kappa shape index (κ1) is 16.1. The van der Waals surface area contributed by atoms with Crippen LogP contribution in [0.1, 0.15) is 57.9 Å². The van der Waals surface area contributed by atoms with Crippen molar-refractivity contribution in [2.45, 2.75) is 52.4 Å². The van der Waals surface area contributed by atoms with Gasteiger partial charge in [-0.1, -0.05) is 44.0 Å². The number of hydrogen-bond donors (Lipinski definition) is 0. The molecule has 1 atom stereocenters. The predicted octanol–water partition coefficient (Wildman–Crippen LogP) is 5.98. The first-order chi connectivity index (χ1) is 9.22. The summed E-state index contributed by atoms with van der Waals surface area (Å²) in [5, 5.41) is 0.791. The van der Waals surface area contributed by atoms with E-state index < -0.39 is 0 Å². The van der Waals surface area contributed by atoms with Gasteiger partial charge in [0.1, 0.15) is 5.75 Å². The summed E-state index contributed by atoms with van der Waals surface area (Å²) in [4.78, 5) is 0. The monoisotopic (exact) mass is 280 g/mol. The third kappa shape index (κ3) is 5.28. The lowest BCUT2D eigenvalue weighted by molar-refractivity contribution is 0.333. The summed E-state index contributed by atoms with van der Waals surface area (Å²) in [7, 11) is 0. The Labute approximate surface area is 122 Å². The van der Waals surface area contributed by atoms with Crippen LogP contribution < -0.4 is 4.74 Å². The minimum atomic E-state index is 0.494. The minimum Gasteiger partial charge on any atom is -0.494 e. The number of allylic oxidation sites excluding steroid dienone is 2. The van der Waals surface area contributed by atoms with Gasteiger partial charge >= 0.3 is 0 Å². The van der Waals surface area contributed by atoms with Gasteiger partial charge in [0.05, 0.1) is 6.61 Å². The number of ether oxygens (including phenoxy) is 1. The Morgan fingerprint density at radius 3 is 2.63 bits per heavy atom. The summed E-state index contributed by atoms with van der Waals surface area (Å²) >= 11 is 6.15. The summed E-state index contributed by atoms with van der Waals surface area (Å²) in [6.45, 7) is 7.10. The van der Waals surface area contributed by atoms with E-state index in [1.165, 1.54) is 12.0 Å². The average Bonchev–Trinajstić information content (AvgIpc) is 2.40. The van der Waals surface area contributed by atoms with Crippen molar-refractivity contribution in [2.24, 2.45) is 0 Å². The Balaban J connectivity index is 2.97. The number of rotatable bonds is 8. The van der Waals surface area contributed by atoms with Crippen LogP contribution in [-0.4, -0.2) is 6.61 Å². The highest BCUT2D eigenvalue weighted by Crippen LogP contribution is 2.34. The molecule has 0 aliphatic carbocycles. The molecule has 0 radical (unpaired) electrons. The van der Waals surface area contributed by atoms with E-state index >= 15 is 0 Å². The molecule has 1 unspecified atom stereocenters. The lowest BCUT2D eigenvalue weighted by Gasteiger charge is -2.19. The molecule has 2 heteroatoms. The topological polar surface area (TPSA) is 9.23 Å². The molecule has 0 heterocycles. The van der Waals surface area contributed by atoms with E-state index in [-0.39, 0.29) is 0 Å². The molecule has 0 saturated heterocycles. The van der Waals surface area contributed by atoms with Crippen LogP contribution in [-0.2, 0) is 0 Å². The van der Waals surface area contributed by atoms with Crippen molar-refractivity contribution < 1.29 is 4.74 Å². The number of halogens is 1. The van der Waals surface area contributed by atoms with Gasteiger partial charge in [-0.2, -0.15) is 0 Å². The van der Waals surface area contributed by atoms with Gasteiger partial charge in [0.2, 0.25) is 0 Å². The average molecular weight is 281 g/mol. The Hall–Kier alpha value is -0.950. The zero-order valence-corrected chi connectivity index (χ0v) is 13.0. The Kier molecular flexibility index (Phi) is 7.66.